The molecule has 0 N–H and O–H groups in total. The second kappa shape index (κ2) is 12.0. The molecule has 0 amide bonds. The smallest absolute Gasteiger partial charge is 0.170 e. The van der Waals surface area contributed by atoms with Crippen molar-refractivity contribution >= 4 is 15.9 Å². The van der Waals surface area contributed by atoms with Crippen molar-refractivity contribution in [3.63, 3.8) is 0 Å². The van der Waals surface area contributed by atoms with Crippen molar-refractivity contribution in [3.8, 4) is 5.75 Å². The normalized spacial score (nSPS) is 16.3. The van der Waals surface area contributed by atoms with Crippen molar-refractivity contribution in [2.24, 2.45) is 5.92 Å². The molecule has 1 aromatic carbocycles. The summed E-state index contributed by atoms with van der Waals surface area (Å²) in [5.41, 5.74) is 1.22. The van der Waals surface area contributed by atoms with Crippen LogP contribution < -0.4 is 4.74 Å². The first kappa shape index (κ1) is 21.7. The van der Waals surface area contributed by atoms with Crippen LogP contribution >= 0.6 is 15.9 Å². The van der Waals surface area contributed by atoms with Gasteiger partial charge in [-0.1, -0.05) is 15.9 Å². The Hall–Kier alpha value is -0.620. The van der Waals surface area contributed by atoms with E-state index in [-0.39, 0.29) is 6.29 Å². The minimum Gasteiger partial charge on any atom is -0.494 e. The maximum atomic E-state index is 5.90. The molecule has 2 rings (SSSR count). The van der Waals surface area contributed by atoms with Gasteiger partial charge in [-0.25, -0.2) is 0 Å². The Morgan fingerprint density at radius 2 is 1.85 bits per heavy atom. The van der Waals surface area contributed by atoms with Crippen LogP contribution in [0.3, 0.4) is 0 Å². The second-order valence-electron chi connectivity index (χ2n) is 6.99. The second-order valence-corrected chi connectivity index (χ2v) is 7.84. The highest BCUT2D eigenvalue weighted by molar-refractivity contribution is 9.10. The minimum atomic E-state index is -0.0793. The predicted molar refractivity (Wildman–Crippen MR) is 110 cm³/mol. The molecule has 0 atom stereocenters. The van der Waals surface area contributed by atoms with Gasteiger partial charge in [0.2, 0.25) is 0 Å². The summed E-state index contributed by atoms with van der Waals surface area (Å²) in [6.07, 6.45) is 4.83. The molecule has 0 spiro atoms. The van der Waals surface area contributed by atoms with Crippen molar-refractivity contribution in [2.75, 3.05) is 39.5 Å². The number of piperidine rings is 1. The molecule has 1 heterocycles. The molecule has 0 radical (unpaired) electrons. The molecule has 26 heavy (non-hydrogen) atoms. The van der Waals surface area contributed by atoms with Crippen molar-refractivity contribution < 1.29 is 14.2 Å². The molecule has 1 aliphatic rings. The summed E-state index contributed by atoms with van der Waals surface area (Å²) in [5.74, 6) is 1.79. The van der Waals surface area contributed by atoms with E-state index in [1.807, 2.05) is 19.9 Å². The van der Waals surface area contributed by atoms with Crippen molar-refractivity contribution in [3.05, 3.63) is 28.2 Å². The minimum absolute atomic E-state index is 0.0793. The molecule has 0 unspecified atom stereocenters. The van der Waals surface area contributed by atoms with Gasteiger partial charge in [-0.05, 0) is 89.2 Å². The molecule has 148 valence electrons. The number of ether oxygens (including phenoxy) is 3. The standard InChI is InChI=1S/C21H34BrNO3/c1-4-24-21(25-5-2)16-23-12-10-18(11-13-23)7-6-14-26-19-8-9-20(22)17(3)15-19/h8-9,15,18,21H,4-7,10-14,16H2,1-3H3. The largest absolute Gasteiger partial charge is 0.494 e. The zero-order valence-corrected chi connectivity index (χ0v) is 18.1. The van der Waals surface area contributed by atoms with Crippen LogP contribution in [0.2, 0.25) is 0 Å². The van der Waals surface area contributed by atoms with Gasteiger partial charge in [0, 0.05) is 24.2 Å². The molecule has 1 aliphatic heterocycles. The molecule has 0 aromatic heterocycles. The summed E-state index contributed by atoms with van der Waals surface area (Å²) in [7, 11) is 0. The van der Waals surface area contributed by atoms with E-state index in [9.17, 15) is 0 Å². The molecule has 4 nitrogen and oxygen atoms in total. The van der Waals surface area contributed by atoms with Crippen molar-refractivity contribution in [2.45, 2.75) is 52.7 Å². The van der Waals surface area contributed by atoms with E-state index in [4.69, 9.17) is 14.2 Å². The first-order valence-corrected chi connectivity index (χ1v) is 10.8. The van der Waals surface area contributed by atoms with Crippen LogP contribution in [0.5, 0.6) is 5.75 Å². The molecule has 1 fully saturated rings. The van der Waals surface area contributed by atoms with E-state index in [0.29, 0.717) is 13.2 Å². The number of nitrogens with zero attached hydrogens (tertiary/aromatic N) is 1. The fourth-order valence-corrected chi connectivity index (χ4v) is 3.71. The van der Waals surface area contributed by atoms with Gasteiger partial charge in [0.1, 0.15) is 5.75 Å². The van der Waals surface area contributed by atoms with Gasteiger partial charge < -0.3 is 14.2 Å². The van der Waals surface area contributed by atoms with E-state index in [1.54, 1.807) is 0 Å². The summed E-state index contributed by atoms with van der Waals surface area (Å²) in [4.78, 5) is 2.48. The lowest BCUT2D eigenvalue weighted by Crippen LogP contribution is -2.40. The Morgan fingerprint density at radius 1 is 1.15 bits per heavy atom. The van der Waals surface area contributed by atoms with Crippen LogP contribution in [-0.4, -0.2) is 50.6 Å². The predicted octanol–water partition coefficient (Wildman–Crippen LogP) is 5.03. The zero-order chi connectivity index (χ0) is 18.8. The number of hydrogen-bond donors (Lipinski definition) is 0. The topological polar surface area (TPSA) is 30.9 Å². The third-order valence-corrected chi connectivity index (χ3v) is 5.86. The van der Waals surface area contributed by atoms with Crippen LogP contribution in [0.1, 0.15) is 45.1 Å². The molecule has 0 bridgehead atoms. The van der Waals surface area contributed by atoms with Gasteiger partial charge in [0.25, 0.3) is 0 Å². The van der Waals surface area contributed by atoms with Gasteiger partial charge in [0.05, 0.1) is 6.61 Å². The van der Waals surface area contributed by atoms with E-state index in [2.05, 4.69) is 39.9 Å². The highest BCUT2D eigenvalue weighted by Crippen LogP contribution is 2.24. The number of likely N-dealkylation sites (tertiary alicyclic amines) is 1. The molecule has 1 aromatic rings. The maximum Gasteiger partial charge on any atom is 0.170 e. The average Bonchev–Trinajstić information content (AvgIpc) is 2.63. The van der Waals surface area contributed by atoms with Crippen LogP contribution in [0, 0.1) is 12.8 Å². The Labute approximate surface area is 167 Å². The number of halogens is 1. The van der Waals surface area contributed by atoms with Gasteiger partial charge in [-0.15, -0.1) is 0 Å². The third-order valence-electron chi connectivity index (χ3n) is 4.97. The van der Waals surface area contributed by atoms with Gasteiger partial charge >= 0.3 is 0 Å². The van der Waals surface area contributed by atoms with Crippen molar-refractivity contribution in [1.82, 2.24) is 4.90 Å². The zero-order valence-electron chi connectivity index (χ0n) is 16.5. The van der Waals surface area contributed by atoms with Gasteiger partial charge in [-0.2, -0.15) is 0 Å². The summed E-state index contributed by atoms with van der Waals surface area (Å²) < 4.78 is 18.4. The molecule has 5 heteroatoms. The Kier molecular flexibility index (Phi) is 9.97. The monoisotopic (exact) mass is 427 g/mol. The molecule has 0 saturated carbocycles. The Balaban J connectivity index is 1.60. The highest BCUT2D eigenvalue weighted by Gasteiger charge is 2.21. The van der Waals surface area contributed by atoms with E-state index in [0.717, 1.165) is 48.8 Å². The maximum absolute atomic E-state index is 5.90. The van der Waals surface area contributed by atoms with Crippen LogP contribution in [0.25, 0.3) is 0 Å². The first-order valence-electron chi connectivity index (χ1n) is 9.96. The molecular weight excluding hydrogens is 394 g/mol. The van der Waals surface area contributed by atoms with Crippen LogP contribution in [0.4, 0.5) is 0 Å². The fourth-order valence-electron chi connectivity index (χ4n) is 3.46. The number of rotatable bonds is 11. The Morgan fingerprint density at radius 3 is 2.46 bits per heavy atom. The molecular formula is C21H34BrNO3. The van der Waals surface area contributed by atoms with Crippen LogP contribution in [-0.2, 0) is 9.47 Å². The third kappa shape index (κ3) is 7.55. The van der Waals surface area contributed by atoms with Crippen LogP contribution in [0.15, 0.2) is 22.7 Å². The SMILES string of the molecule is CCOC(CN1CCC(CCCOc2ccc(Br)c(C)c2)CC1)OCC. The van der Waals surface area contributed by atoms with E-state index in [1.165, 1.54) is 24.8 Å². The summed E-state index contributed by atoms with van der Waals surface area (Å²) in [6.45, 7) is 11.5. The number of aryl methyl sites for hydroxylation is 1. The highest BCUT2D eigenvalue weighted by atomic mass is 79.9. The molecule has 0 aliphatic carbocycles. The number of hydrogen-bond acceptors (Lipinski definition) is 4. The lowest BCUT2D eigenvalue weighted by molar-refractivity contribution is -0.149. The average molecular weight is 428 g/mol. The van der Waals surface area contributed by atoms with E-state index >= 15 is 0 Å². The fraction of sp³-hybridized carbons (Fsp3) is 0.714. The number of benzene rings is 1. The first-order chi connectivity index (χ1) is 12.6. The van der Waals surface area contributed by atoms with Crippen molar-refractivity contribution in [1.29, 1.82) is 0 Å². The lowest BCUT2D eigenvalue weighted by Gasteiger charge is -2.34. The quantitative estimate of drug-likeness (QED) is 0.366. The Bertz CT molecular complexity index is 512. The summed E-state index contributed by atoms with van der Waals surface area (Å²) in [6, 6.07) is 6.18. The lowest BCUT2D eigenvalue weighted by atomic mass is 9.92. The van der Waals surface area contributed by atoms with E-state index < -0.39 is 0 Å². The van der Waals surface area contributed by atoms with Gasteiger partial charge in [-0.3, -0.25) is 4.90 Å². The summed E-state index contributed by atoms with van der Waals surface area (Å²) in [5, 5.41) is 0. The summed E-state index contributed by atoms with van der Waals surface area (Å²) >= 11 is 3.52. The molecule has 1 saturated heterocycles. The van der Waals surface area contributed by atoms with Gasteiger partial charge in [0.15, 0.2) is 6.29 Å².